The van der Waals surface area contributed by atoms with Gasteiger partial charge in [-0.1, -0.05) is 18.2 Å². The average Bonchev–Trinajstić information content (AvgIpc) is 3.12. The lowest BCUT2D eigenvalue weighted by Gasteiger charge is -2.12. The first-order chi connectivity index (χ1) is 12.0. The van der Waals surface area contributed by atoms with E-state index in [0.29, 0.717) is 11.4 Å². The number of aryl methyl sites for hydroxylation is 1. The van der Waals surface area contributed by atoms with Gasteiger partial charge in [0.25, 0.3) is 15.9 Å². The van der Waals surface area contributed by atoms with E-state index in [-0.39, 0.29) is 15.6 Å². The number of amides is 1. The first-order valence-electron chi connectivity index (χ1n) is 7.21. The predicted molar refractivity (Wildman–Crippen MR) is 96.3 cm³/mol. The van der Waals surface area contributed by atoms with Crippen LogP contribution in [-0.4, -0.2) is 24.3 Å². The van der Waals surface area contributed by atoms with Crippen LogP contribution in [0.15, 0.2) is 58.4 Å². The van der Waals surface area contributed by atoms with Crippen LogP contribution in [0.25, 0.3) is 0 Å². The number of anilines is 2. The van der Waals surface area contributed by atoms with Gasteiger partial charge in [0, 0.05) is 6.20 Å². The Hall–Kier alpha value is -2.78. The third-order valence-corrected chi connectivity index (χ3v) is 5.96. The number of benzene rings is 1. The molecule has 128 valence electrons. The Balaban J connectivity index is 1.84. The number of nitrogens with zero attached hydrogens (tertiary/aromatic N) is 2. The van der Waals surface area contributed by atoms with Gasteiger partial charge in [-0.15, -0.1) is 11.3 Å². The van der Waals surface area contributed by atoms with E-state index in [1.807, 2.05) is 0 Å². The minimum absolute atomic E-state index is 0.140. The highest BCUT2D eigenvalue weighted by molar-refractivity contribution is 7.94. The van der Waals surface area contributed by atoms with E-state index < -0.39 is 15.9 Å². The smallest absolute Gasteiger partial charge is 0.275 e. The van der Waals surface area contributed by atoms with Crippen molar-refractivity contribution in [3.63, 3.8) is 0 Å². The number of sulfonamides is 1. The van der Waals surface area contributed by atoms with Crippen LogP contribution in [-0.2, 0) is 10.0 Å². The van der Waals surface area contributed by atoms with Crippen LogP contribution in [0.5, 0.6) is 0 Å². The molecule has 25 heavy (non-hydrogen) atoms. The molecule has 9 heteroatoms. The van der Waals surface area contributed by atoms with Gasteiger partial charge in [0.1, 0.15) is 9.90 Å². The van der Waals surface area contributed by atoms with Crippen LogP contribution >= 0.6 is 11.3 Å². The fourth-order valence-electron chi connectivity index (χ4n) is 1.99. The van der Waals surface area contributed by atoms with Gasteiger partial charge in [-0.05, 0) is 30.5 Å². The number of aromatic nitrogens is 2. The fourth-order valence-corrected chi connectivity index (χ4v) is 4.06. The van der Waals surface area contributed by atoms with Crippen molar-refractivity contribution in [2.24, 2.45) is 0 Å². The zero-order chi connectivity index (χ0) is 17.9. The molecule has 0 radical (unpaired) electrons. The van der Waals surface area contributed by atoms with Gasteiger partial charge in [-0.25, -0.2) is 13.4 Å². The van der Waals surface area contributed by atoms with Gasteiger partial charge in [-0.2, -0.15) is 0 Å². The first kappa shape index (κ1) is 17.1. The van der Waals surface area contributed by atoms with Crippen molar-refractivity contribution in [2.45, 2.75) is 11.1 Å². The molecule has 0 aliphatic heterocycles. The normalized spacial score (nSPS) is 11.1. The second-order valence-corrected chi connectivity index (χ2v) is 7.94. The Morgan fingerprint density at radius 2 is 1.80 bits per heavy atom. The summed E-state index contributed by atoms with van der Waals surface area (Å²) in [5.74, 6) is -0.477. The molecule has 0 saturated heterocycles. The molecule has 2 aromatic heterocycles. The van der Waals surface area contributed by atoms with Gasteiger partial charge in [0.05, 0.1) is 23.3 Å². The molecule has 1 amide bonds. The number of carbonyl (C=O) groups is 1. The van der Waals surface area contributed by atoms with E-state index in [1.165, 1.54) is 18.5 Å². The predicted octanol–water partition coefficient (Wildman–Crippen LogP) is 2.90. The zero-order valence-electron chi connectivity index (χ0n) is 13.1. The summed E-state index contributed by atoms with van der Waals surface area (Å²) in [6.45, 7) is 1.77. The van der Waals surface area contributed by atoms with Crippen molar-refractivity contribution in [3.05, 3.63) is 65.6 Å². The third kappa shape index (κ3) is 4.01. The largest absolute Gasteiger partial charge is 0.319 e. The highest BCUT2D eigenvalue weighted by atomic mass is 32.2. The standard InChI is InChI=1S/C16H14N4O3S2/c1-11-9-18-14(10-17-11)16(21)19-12-5-2-3-6-13(12)20-25(22,23)15-7-4-8-24-15/h2-10,20H,1H3,(H,19,21). The molecule has 1 aromatic carbocycles. The molecule has 0 aliphatic rings. The topological polar surface area (TPSA) is 101 Å². The molecule has 0 atom stereocenters. The molecule has 7 nitrogen and oxygen atoms in total. The number of hydrogen-bond donors (Lipinski definition) is 2. The summed E-state index contributed by atoms with van der Waals surface area (Å²) < 4.78 is 27.4. The van der Waals surface area contributed by atoms with E-state index in [4.69, 9.17) is 0 Å². The summed E-state index contributed by atoms with van der Waals surface area (Å²) >= 11 is 1.11. The summed E-state index contributed by atoms with van der Waals surface area (Å²) in [5, 5.41) is 4.33. The van der Waals surface area contributed by atoms with E-state index >= 15 is 0 Å². The summed E-state index contributed by atoms with van der Waals surface area (Å²) in [4.78, 5) is 20.3. The van der Waals surface area contributed by atoms with Gasteiger partial charge in [0.2, 0.25) is 0 Å². The van der Waals surface area contributed by atoms with Crippen molar-refractivity contribution in [2.75, 3.05) is 10.0 Å². The van der Waals surface area contributed by atoms with Crippen molar-refractivity contribution in [3.8, 4) is 0 Å². The van der Waals surface area contributed by atoms with Gasteiger partial charge in [-0.3, -0.25) is 14.5 Å². The van der Waals surface area contributed by atoms with Crippen LogP contribution in [0, 0.1) is 6.92 Å². The number of thiophene rings is 1. The van der Waals surface area contributed by atoms with Crippen molar-refractivity contribution >= 4 is 38.6 Å². The van der Waals surface area contributed by atoms with Crippen LogP contribution in [0.3, 0.4) is 0 Å². The highest BCUT2D eigenvalue weighted by Crippen LogP contribution is 2.26. The lowest BCUT2D eigenvalue weighted by atomic mass is 10.2. The lowest BCUT2D eigenvalue weighted by molar-refractivity contribution is 0.102. The van der Waals surface area contributed by atoms with E-state index in [9.17, 15) is 13.2 Å². The Bertz CT molecular complexity index is 984. The second kappa shape index (κ2) is 6.99. The van der Waals surface area contributed by atoms with Crippen LogP contribution in [0.4, 0.5) is 11.4 Å². The summed E-state index contributed by atoms with van der Waals surface area (Å²) in [7, 11) is -3.71. The maximum Gasteiger partial charge on any atom is 0.275 e. The molecule has 0 fully saturated rings. The Labute approximate surface area is 148 Å². The molecule has 2 N–H and O–H groups in total. The Kier molecular flexibility index (Phi) is 4.77. The van der Waals surface area contributed by atoms with Crippen molar-refractivity contribution in [1.29, 1.82) is 0 Å². The summed E-state index contributed by atoms with van der Waals surface area (Å²) in [6.07, 6.45) is 2.85. The SMILES string of the molecule is Cc1cnc(C(=O)Nc2ccccc2NS(=O)(=O)c2cccs2)cn1. The van der Waals surface area contributed by atoms with Gasteiger partial charge >= 0.3 is 0 Å². The fraction of sp³-hybridized carbons (Fsp3) is 0.0625. The summed E-state index contributed by atoms with van der Waals surface area (Å²) in [5.41, 5.74) is 1.43. The van der Waals surface area contributed by atoms with Gasteiger partial charge in [0.15, 0.2) is 0 Å². The number of carbonyl (C=O) groups excluding carboxylic acids is 1. The average molecular weight is 374 g/mol. The number of rotatable bonds is 5. The van der Waals surface area contributed by atoms with Crippen LogP contribution in [0.1, 0.15) is 16.2 Å². The van der Waals surface area contributed by atoms with E-state index in [0.717, 1.165) is 11.3 Å². The molecule has 0 bridgehead atoms. The molecule has 2 heterocycles. The van der Waals surface area contributed by atoms with Gasteiger partial charge < -0.3 is 5.32 Å². The number of hydrogen-bond acceptors (Lipinski definition) is 6. The molecular formula is C16H14N4O3S2. The molecule has 0 spiro atoms. The molecule has 0 aliphatic carbocycles. The monoisotopic (exact) mass is 374 g/mol. The Morgan fingerprint density at radius 3 is 2.44 bits per heavy atom. The minimum Gasteiger partial charge on any atom is -0.319 e. The first-order valence-corrected chi connectivity index (χ1v) is 9.57. The molecule has 0 saturated carbocycles. The highest BCUT2D eigenvalue weighted by Gasteiger charge is 2.18. The van der Waals surface area contributed by atoms with Crippen LogP contribution in [0.2, 0.25) is 0 Å². The van der Waals surface area contributed by atoms with E-state index in [1.54, 1.807) is 42.6 Å². The Morgan fingerprint density at radius 1 is 1.04 bits per heavy atom. The van der Waals surface area contributed by atoms with Crippen molar-refractivity contribution < 1.29 is 13.2 Å². The van der Waals surface area contributed by atoms with E-state index in [2.05, 4.69) is 20.0 Å². The molecule has 3 rings (SSSR count). The molecular weight excluding hydrogens is 360 g/mol. The summed E-state index contributed by atoms with van der Waals surface area (Å²) in [6, 6.07) is 9.71. The lowest BCUT2D eigenvalue weighted by Crippen LogP contribution is -2.17. The third-order valence-electron chi connectivity index (χ3n) is 3.19. The number of para-hydroxylation sites is 2. The van der Waals surface area contributed by atoms with Crippen LogP contribution < -0.4 is 10.0 Å². The minimum atomic E-state index is -3.71. The maximum atomic E-state index is 12.4. The quantitative estimate of drug-likeness (QED) is 0.715. The number of nitrogens with one attached hydrogen (secondary N) is 2. The van der Waals surface area contributed by atoms with Crippen molar-refractivity contribution in [1.82, 2.24) is 9.97 Å². The maximum absolute atomic E-state index is 12.4. The zero-order valence-corrected chi connectivity index (χ0v) is 14.8. The molecule has 0 unspecified atom stereocenters. The second-order valence-electron chi connectivity index (χ2n) is 5.08. The molecule has 3 aromatic rings.